The quantitative estimate of drug-likeness (QED) is 0.735. The summed E-state index contributed by atoms with van der Waals surface area (Å²) in [4.78, 5) is 15.3. The van der Waals surface area contributed by atoms with Crippen molar-refractivity contribution in [2.24, 2.45) is 0 Å². The predicted molar refractivity (Wildman–Crippen MR) is 67.3 cm³/mol. The van der Waals surface area contributed by atoms with Crippen LogP contribution in [0.2, 0.25) is 0 Å². The summed E-state index contributed by atoms with van der Waals surface area (Å²) >= 11 is 1.13. The van der Waals surface area contributed by atoms with Crippen molar-refractivity contribution in [1.82, 2.24) is 19.9 Å². The largest absolute Gasteiger partial charge is 0.416 e. The van der Waals surface area contributed by atoms with Gasteiger partial charge < -0.3 is 4.98 Å². The van der Waals surface area contributed by atoms with Crippen molar-refractivity contribution < 1.29 is 13.2 Å². The number of aromatic nitrogens is 4. The molecule has 1 aromatic carbocycles. The second-order valence-corrected chi connectivity index (χ2v) is 4.97. The van der Waals surface area contributed by atoms with Crippen molar-refractivity contribution in [3.8, 4) is 0 Å². The van der Waals surface area contributed by atoms with Crippen LogP contribution in [0.25, 0.3) is 11.2 Å². The van der Waals surface area contributed by atoms with Crippen LogP contribution in [0.15, 0.2) is 46.8 Å². The highest BCUT2D eigenvalue weighted by Crippen LogP contribution is 2.34. The molecule has 0 saturated carbocycles. The van der Waals surface area contributed by atoms with E-state index in [1.54, 1.807) is 6.07 Å². The van der Waals surface area contributed by atoms with E-state index in [1.807, 2.05) is 0 Å². The van der Waals surface area contributed by atoms with Gasteiger partial charge in [-0.15, -0.1) is 0 Å². The molecule has 0 radical (unpaired) electrons. The maximum Gasteiger partial charge on any atom is 0.416 e. The maximum absolute atomic E-state index is 12.7. The first kappa shape index (κ1) is 12.9. The lowest BCUT2D eigenvalue weighted by atomic mass is 10.2. The van der Waals surface area contributed by atoms with Crippen LogP contribution in [0, 0.1) is 0 Å². The number of alkyl halides is 3. The standard InChI is InChI=1S/C12H7F3N4S/c13-12(14,15)7-2-1-3-8(4-7)20-11-9-10(17-5-16-9)18-6-19-11/h1-6H,(H,16,17,18,19). The molecule has 102 valence electrons. The summed E-state index contributed by atoms with van der Waals surface area (Å²) in [6.07, 6.45) is -1.56. The zero-order valence-corrected chi connectivity index (χ0v) is 10.7. The second-order valence-electron chi connectivity index (χ2n) is 3.91. The smallest absolute Gasteiger partial charge is 0.341 e. The van der Waals surface area contributed by atoms with Gasteiger partial charge in [-0.3, -0.25) is 0 Å². The van der Waals surface area contributed by atoms with Crippen LogP contribution in [-0.4, -0.2) is 19.9 Å². The van der Waals surface area contributed by atoms with E-state index in [1.165, 1.54) is 18.7 Å². The predicted octanol–water partition coefficient (Wildman–Crippen LogP) is 3.52. The third-order valence-electron chi connectivity index (χ3n) is 2.56. The number of hydrogen-bond donors (Lipinski definition) is 1. The van der Waals surface area contributed by atoms with Crippen molar-refractivity contribution in [3.63, 3.8) is 0 Å². The average Bonchev–Trinajstić information content (AvgIpc) is 2.87. The van der Waals surface area contributed by atoms with Gasteiger partial charge in [0.1, 0.15) is 16.9 Å². The van der Waals surface area contributed by atoms with Crippen LogP contribution in [-0.2, 0) is 6.18 Å². The third-order valence-corrected chi connectivity index (χ3v) is 3.56. The van der Waals surface area contributed by atoms with Crippen LogP contribution >= 0.6 is 11.8 Å². The monoisotopic (exact) mass is 296 g/mol. The Hall–Kier alpha value is -2.09. The topological polar surface area (TPSA) is 54.5 Å². The van der Waals surface area contributed by atoms with E-state index in [9.17, 15) is 13.2 Å². The Labute approximate surface area is 115 Å². The molecule has 0 amide bonds. The molecule has 0 fully saturated rings. The van der Waals surface area contributed by atoms with E-state index in [0.29, 0.717) is 21.1 Å². The number of hydrogen-bond acceptors (Lipinski definition) is 4. The van der Waals surface area contributed by atoms with Gasteiger partial charge in [0.2, 0.25) is 0 Å². The molecule has 0 aliphatic rings. The van der Waals surface area contributed by atoms with Crippen LogP contribution in [0.1, 0.15) is 5.56 Å². The highest BCUT2D eigenvalue weighted by Gasteiger charge is 2.30. The van der Waals surface area contributed by atoms with Gasteiger partial charge in [-0.05, 0) is 18.2 Å². The minimum atomic E-state index is -4.36. The molecule has 2 aromatic heterocycles. The molecule has 0 spiro atoms. The first-order valence-electron chi connectivity index (χ1n) is 5.53. The van der Waals surface area contributed by atoms with Crippen molar-refractivity contribution in [3.05, 3.63) is 42.5 Å². The number of nitrogens with one attached hydrogen (secondary N) is 1. The fraction of sp³-hybridized carbons (Fsp3) is 0.0833. The van der Waals surface area contributed by atoms with Gasteiger partial charge in [-0.2, -0.15) is 13.2 Å². The van der Waals surface area contributed by atoms with E-state index >= 15 is 0 Å². The molecule has 0 aliphatic carbocycles. The zero-order valence-electron chi connectivity index (χ0n) is 9.85. The van der Waals surface area contributed by atoms with Crippen LogP contribution in [0.4, 0.5) is 13.2 Å². The summed E-state index contributed by atoms with van der Waals surface area (Å²) in [5, 5.41) is 0.534. The van der Waals surface area contributed by atoms with Crippen molar-refractivity contribution in [1.29, 1.82) is 0 Å². The number of H-pyrrole nitrogens is 1. The van der Waals surface area contributed by atoms with E-state index in [0.717, 1.165) is 23.9 Å². The zero-order chi connectivity index (χ0) is 14.2. The van der Waals surface area contributed by atoms with E-state index in [2.05, 4.69) is 19.9 Å². The summed E-state index contributed by atoms with van der Waals surface area (Å²) < 4.78 is 38.0. The first-order valence-corrected chi connectivity index (χ1v) is 6.35. The average molecular weight is 296 g/mol. The molecule has 20 heavy (non-hydrogen) atoms. The Morgan fingerprint density at radius 1 is 1.10 bits per heavy atom. The first-order chi connectivity index (χ1) is 9.54. The minimum absolute atomic E-state index is 0.453. The van der Waals surface area contributed by atoms with Gasteiger partial charge in [0, 0.05) is 4.90 Å². The number of aromatic amines is 1. The molecular weight excluding hydrogens is 289 g/mol. The molecule has 3 aromatic rings. The number of rotatable bonds is 2. The summed E-state index contributed by atoms with van der Waals surface area (Å²) in [5.41, 5.74) is 0.404. The fourth-order valence-electron chi connectivity index (χ4n) is 1.67. The van der Waals surface area contributed by atoms with E-state index in [-0.39, 0.29) is 0 Å². The summed E-state index contributed by atoms with van der Waals surface area (Å²) in [7, 11) is 0. The Kier molecular flexibility index (Phi) is 3.09. The summed E-state index contributed by atoms with van der Waals surface area (Å²) in [5.74, 6) is 0. The lowest BCUT2D eigenvalue weighted by Crippen LogP contribution is -2.04. The molecular formula is C12H7F3N4S. The number of nitrogens with zero attached hydrogens (tertiary/aromatic N) is 3. The molecule has 0 atom stereocenters. The normalized spacial score (nSPS) is 11.9. The number of benzene rings is 1. The van der Waals surface area contributed by atoms with Crippen LogP contribution < -0.4 is 0 Å². The second kappa shape index (κ2) is 4.78. The third kappa shape index (κ3) is 2.46. The molecule has 1 N–H and O–H groups in total. The van der Waals surface area contributed by atoms with Gasteiger partial charge in [-0.25, -0.2) is 15.0 Å². The van der Waals surface area contributed by atoms with Gasteiger partial charge in [0.15, 0.2) is 5.65 Å². The Balaban J connectivity index is 1.97. The molecule has 0 bridgehead atoms. The van der Waals surface area contributed by atoms with Gasteiger partial charge in [0.25, 0.3) is 0 Å². The lowest BCUT2D eigenvalue weighted by molar-refractivity contribution is -0.137. The van der Waals surface area contributed by atoms with Crippen molar-refractivity contribution >= 4 is 22.9 Å². The molecule has 2 heterocycles. The number of halogens is 3. The molecule has 0 aliphatic heterocycles. The molecule has 0 unspecified atom stereocenters. The maximum atomic E-state index is 12.7. The van der Waals surface area contributed by atoms with Crippen LogP contribution in [0.5, 0.6) is 0 Å². The van der Waals surface area contributed by atoms with E-state index < -0.39 is 11.7 Å². The minimum Gasteiger partial charge on any atom is -0.341 e. The molecule has 0 saturated heterocycles. The fourth-order valence-corrected chi connectivity index (χ4v) is 2.58. The van der Waals surface area contributed by atoms with Crippen LogP contribution in [0.3, 0.4) is 0 Å². The summed E-state index contributed by atoms with van der Waals surface area (Å²) in [6.45, 7) is 0. The Morgan fingerprint density at radius 2 is 1.95 bits per heavy atom. The Bertz CT molecular complexity index is 754. The van der Waals surface area contributed by atoms with Crippen molar-refractivity contribution in [2.45, 2.75) is 16.1 Å². The van der Waals surface area contributed by atoms with E-state index in [4.69, 9.17) is 0 Å². The molecule has 3 rings (SSSR count). The SMILES string of the molecule is FC(F)(F)c1cccc(Sc2ncnc3nc[nH]c23)c1. The molecule has 8 heteroatoms. The lowest BCUT2D eigenvalue weighted by Gasteiger charge is -2.08. The summed E-state index contributed by atoms with van der Waals surface area (Å²) in [6, 6.07) is 5.10. The highest BCUT2D eigenvalue weighted by molar-refractivity contribution is 7.99. The van der Waals surface area contributed by atoms with Crippen molar-refractivity contribution in [2.75, 3.05) is 0 Å². The Morgan fingerprint density at radius 3 is 2.75 bits per heavy atom. The number of imidazole rings is 1. The number of fused-ring (bicyclic) bond motifs is 1. The molecule has 4 nitrogen and oxygen atoms in total. The van der Waals surface area contributed by atoms with Gasteiger partial charge in [0.05, 0.1) is 11.9 Å². The van der Waals surface area contributed by atoms with Gasteiger partial charge in [-0.1, -0.05) is 17.8 Å². The van der Waals surface area contributed by atoms with Gasteiger partial charge >= 0.3 is 6.18 Å². The highest BCUT2D eigenvalue weighted by atomic mass is 32.2.